The van der Waals surface area contributed by atoms with E-state index in [1.807, 2.05) is 19.1 Å². The highest BCUT2D eigenvalue weighted by Gasteiger charge is 2.47. The average molecular weight is 628 g/mol. The molecule has 1 heterocycles. The number of aromatic nitrogens is 1. The quantitative estimate of drug-likeness (QED) is 0.147. The average Bonchev–Trinajstić information content (AvgIpc) is 3.48. The summed E-state index contributed by atoms with van der Waals surface area (Å²) in [5.74, 6) is 0. The first-order chi connectivity index (χ1) is 24.1. The number of benzene rings is 6. The molecular weight excluding hydrogens is 595 g/mol. The number of hydrogen-bond acceptors (Lipinski definition) is 3. The molecule has 1 aliphatic carbocycles. The second kappa shape index (κ2) is 12.3. The molecule has 232 valence electrons. The largest absolute Gasteiger partial charge is 0.404 e. The zero-order chi connectivity index (χ0) is 33.4. The highest BCUT2D eigenvalue weighted by Crippen LogP contribution is 2.59. The van der Waals surface area contributed by atoms with Crippen LogP contribution in [-0.4, -0.2) is 4.98 Å². The molecule has 0 aliphatic heterocycles. The highest BCUT2D eigenvalue weighted by atomic mass is 14.7. The van der Waals surface area contributed by atoms with E-state index in [0.717, 1.165) is 27.9 Å². The van der Waals surface area contributed by atoms with E-state index in [-0.39, 0.29) is 0 Å². The number of nitrogens with two attached hydrogens (primary N) is 1. The standard InChI is InChI=1S/C46H33N3/c1-31(26-32(29-47)30-48)43-22-13-23-44(49-43)40-28-42-45(38-21-12-11-20-37(38)40)39-25-24-34(33-14-5-2-6-15-33)27-41(39)46(42,35-16-7-3-8-17-35)36-18-9-4-10-19-36/h2-29H,47H2,1H3/b31-26+,32-29+. The van der Waals surface area contributed by atoms with E-state index in [2.05, 4.69) is 152 Å². The van der Waals surface area contributed by atoms with Gasteiger partial charge in [-0.15, -0.1) is 0 Å². The minimum Gasteiger partial charge on any atom is -0.404 e. The molecule has 3 heteroatoms. The summed E-state index contributed by atoms with van der Waals surface area (Å²) in [4.78, 5) is 5.19. The lowest BCUT2D eigenvalue weighted by molar-refractivity contribution is 0.769. The molecule has 0 fully saturated rings. The van der Waals surface area contributed by atoms with Crippen molar-refractivity contribution in [2.75, 3.05) is 0 Å². The Bertz CT molecular complexity index is 2410. The highest BCUT2D eigenvalue weighted by molar-refractivity contribution is 6.10. The van der Waals surface area contributed by atoms with Crippen molar-refractivity contribution in [3.05, 3.63) is 204 Å². The molecule has 7 aromatic rings. The van der Waals surface area contributed by atoms with Crippen LogP contribution in [0.4, 0.5) is 0 Å². The normalized spacial score (nSPS) is 13.5. The molecule has 49 heavy (non-hydrogen) atoms. The molecule has 0 saturated heterocycles. The monoisotopic (exact) mass is 627 g/mol. The van der Waals surface area contributed by atoms with Gasteiger partial charge < -0.3 is 5.73 Å². The van der Waals surface area contributed by atoms with Crippen molar-refractivity contribution < 1.29 is 0 Å². The van der Waals surface area contributed by atoms with Crippen molar-refractivity contribution in [3.8, 4) is 39.6 Å². The summed E-state index contributed by atoms with van der Waals surface area (Å²) < 4.78 is 0. The molecule has 0 amide bonds. The van der Waals surface area contributed by atoms with Crippen molar-refractivity contribution in [1.82, 2.24) is 4.98 Å². The topological polar surface area (TPSA) is 62.7 Å². The first-order valence-corrected chi connectivity index (χ1v) is 16.5. The van der Waals surface area contributed by atoms with Gasteiger partial charge in [0.05, 0.1) is 22.4 Å². The zero-order valence-electron chi connectivity index (χ0n) is 27.1. The maximum absolute atomic E-state index is 9.49. The Morgan fingerprint density at radius 1 is 0.633 bits per heavy atom. The molecule has 0 radical (unpaired) electrons. The Kier molecular flexibility index (Phi) is 7.48. The van der Waals surface area contributed by atoms with Gasteiger partial charge in [0.25, 0.3) is 0 Å². The molecule has 0 unspecified atom stereocenters. The van der Waals surface area contributed by atoms with Gasteiger partial charge in [0.1, 0.15) is 6.07 Å². The van der Waals surface area contributed by atoms with Gasteiger partial charge in [0.2, 0.25) is 0 Å². The first kappa shape index (κ1) is 29.9. The lowest BCUT2D eigenvalue weighted by Gasteiger charge is -2.34. The smallest absolute Gasteiger partial charge is 0.101 e. The predicted octanol–water partition coefficient (Wildman–Crippen LogP) is 10.7. The minimum atomic E-state index is -0.586. The Morgan fingerprint density at radius 2 is 1.27 bits per heavy atom. The lowest BCUT2D eigenvalue weighted by Crippen LogP contribution is -2.28. The third kappa shape index (κ3) is 4.85. The van der Waals surface area contributed by atoms with Crippen LogP contribution in [0.1, 0.15) is 34.9 Å². The number of pyridine rings is 1. The van der Waals surface area contributed by atoms with Crippen molar-refractivity contribution >= 4 is 16.3 Å². The number of allylic oxidation sites excluding steroid dienone is 3. The minimum absolute atomic E-state index is 0.399. The van der Waals surface area contributed by atoms with Crippen LogP contribution in [0.15, 0.2) is 176 Å². The SMILES string of the molecule is C/C(=C\C(C#N)=C/N)c1cccc(-c2cc3c(c4ccccc24)-c2ccc(-c4ccccc4)cc2C3(c2ccccc2)c2ccccc2)n1. The Balaban J connectivity index is 1.48. The summed E-state index contributed by atoms with van der Waals surface area (Å²) in [7, 11) is 0. The van der Waals surface area contributed by atoms with E-state index < -0.39 is 5.41 Å². The van der Waals surface area contributed by atoms with E-state index >= 15 is 0 Å². The molecule has 6 aromatic carbocycles. The van der Waals surface area contributed by atoms with E-state index in [4.69, 9.17) is 10.7 Å². The van der Waals surface area contributed by atoms with Crippen LogP contribution in [0.25, 0.3) is 49.9 Å². The third-order valence-electron chi connectivity index (χ3n) is 9.77. The van der Waals surface area contributed by atoms with Crippen molar-refractivity contribution in [2.24, 2.45) is 5.73 Å². The maximum Gasteiger partial charge on any atom is 0.101 e. The number of rotatable bonds is 6. The fraction of sp³-hybridized carbons (Fsp3) is 0.0435. The first-order valence-electron chi connectivity index (χ1n) is 16.5. The molecule has 3 nitrogen and oxygen atoms in total. The molecule has 0 saturated carbocycles. The predicted molar refractivity (Wildman–Crippen MR) is 201 cm³/mol. The van der Waals surface area contributed by atoms with Crippen LogP contribution in [0.5, 0.6) is 0 Å². The van der Waals surface area contributed by atoms with Crippen LogP contribution in [0.3, 0.4) is 0 Å². The number of nitrogens with zero attached hydrogens (tertiary/aromatic N) is 2. The summed E-state index contributed by atoms with van der Waals surface area (Å²) in [5, 5.41) is 11.8. The van der Waals surface area contributed by atoms with Gasteiger partial charge in [-0.05, 0) is 98.1 Å². The Morgan fingerprint density at radius 3 is 1.92 bits per heavy atom. The van der Waals surface area contributed by atoms with Gasteiger partial charge in [-0.1, -0.05) is 133 Å². The van der Waals surface area contributed by atoms with Crippen LogP contribution >= 0.6 is 0 Å². The number of fused-ring (bicyclic) bond motifs is 5. The van der Waals surface area contributed by atoms with E-state index in [9.17, 15) is 5.26 Å². The summed E-state index contributed by atoms with van der Waals surface area (Å²) >= 11 is 0. The van der Waals surface area contributed by atoms with Crippen LogP contribution in [0, 0.1) is 11.3 Å². The van der Waals surface area contributed by atoms with Crippen molar-refractivity contribution in [2.45, 2.75) is 12.3 Å². The molecular formula is C46H33N3. The van der Waals surface area contributed by atoms with Crippen LogP contribution in [0.2, 0.25) is 0 Å². The van der Waals surface area contributed by atoms with Crippen molar-refractivity contribution in [1.29, 1.82) is 5.26 Å². The van der Waals surface area contributed by atoms with Crippen LogP contribution < -0.4 is 5.73 Å². The Hall–Kier alpha value is -6.50. The molecule has 0 bridgehead atoms. The van der Waals surface area contributed by atoms with E-state index in [0.29, 0.717) is 5.57 Å². The van der Waals surface area contributed by atoms with Gasteiger partial charge in [0, 0.05) is 11.8 Å². The fourth-order valence-electron chi connectivity index (χ4n) is 7.60. The zero-order valence-corrected chi connectivity index (χ0v) is 27.1. The lowest BCUT2D eigenvalue weighted by atomic mass is 9.67. The van der Waals surface area contributed by atoms with Crippen molar-refractivity contribution in [3.63, 3.8) is 0 Å². The molecule has 2 N–H and O–H groups in total. The third-order valence-corrected chi connectivity index (χ3v) is 9.77. The molecule has 8 rings (SSSR count). The second-order valence-corrected chi connectivity index (χ2v) is 12.5. The van der Waals surface area contributed by atoms with Gasteiger partial charge in [-0.2, -0.15) is 5.26 Å². The summed E-state index contributed by atoms with van der Waals surface area (Å²) in [6, 6.07) is 58.8. The summed E-state index contributed by atoms with van der Waals surface area (Å²) in [6.07, 6.45) is 3.11. The Labute approximate surface area is 287 Å². The van der Waals surface area contributed by atoms with Gasteiger partial charge >= 0.3 is 0 Å². The molecule has 1 aliphatic rings. The molecule has 1 aromatic heterocycles. The van der Waals surface area contributed by atoms with Crippen LogP contribution in [-0.2, 0) is 5.41 Å². The summed E-state index contributed by atoms with van der Waals surface area (Å²) in [6.45, 7) is 1.96. The number of hydrogen-bond donors (Lipinski definition) is 1. The summed E-state index contributed by atoms with van der Waals surface area (Å²) in [5.41, 5.74) is 18.9. The van der Waals surface area contributed by atoms with Gasteiger partial charge in [0.15, 0.2) is 0 Å². The second-order valence-electron chi connectivity index (χ2n) is 12.5. The van der Waals surface area contributed by atoms with E-state index in [1.165, 1.54) is 56.1 Å². The number of nitriles is 1. The molecule has 0 atom stereocenters. The van der Waals surface area contributed by atoms with E-state index in [1.54, 1.807) is 6.08 Å². The fourth-order valence-corrected chi connectivity index (χ4v) is 7.60. The van der Waals surface area contributed by atoms with Gasteiger partial charge in [-0.25, -0.2) is 4.98 Å². The van der Waals surface area contributed by atoms with Gasteiger partial charge in [-0.3, -0.25) is 0 Å². The molecule has 0 spiro atoms. The maximum atomic E-state index is 9.49.